The topological polar surface area (TPSA) is 58.1 Å². The lowest BCUT2D eigenvalue weighted by atomic mass is 10.1. The van der Waals surface area contributed by atoms with Crippen LogP contribution >= 0.6 is 11.3 Å². The van der Waals surface area contributed by atoms with Gasteiger partial charge in [0, 0.05) is 40.8 Å². The lowest BCUT2D eigenvalue weighted by molar-refractivity contribution is 0.0953. The summed E-state index contributed by atoms with van der Waals surface area (Å²) in [6.45, 7) is 1.58. The first-order valence-electron chi connectivity index (χ1n) is 8.12. The molecule has 1 aromatic carbocycles. The van der Waals surface area contributed by atoms with Gasteiger partial charge in [0.15, 0.2) is 5.82 Å². The Bertz CT molecular complexity index is 848. The number of amides is 1. The molecule has 1 fully saturated rings. The van der Waals surface area contributed by atoms with Gasteiger partial charge in [-0.25, -0.2) is 0 Å². The van der Waals surface area contributed by atoms with Crippen molar-refractivity contribution in [3.63, 3.8) is 0 Å². The summed E-state index contributed by atoms with van der Waals surface area (Å²) >= 11 is 1.61. The molecule has 1 aliphatic rings. The largest absolute Gasteiger partial charge is 0.350 e. The van der Waals surface area contributed by atoms with E-state index in [1.165, 1.54) is 0 Å². The predicted molar refractivity (Wildman–Crippen MR) is 96.6 cm³/mol. The Balaban J connectivity index is 1.45. The summed E-state index contributed by atoms with van der Waals surface area (Å²) in [5.74, 6) is 0.883. The molecule has 122 valence electrons. The quantitative estimate of drug-likeness (QED) is 0.794. The van der Waals surface area contributed by atoms with E-state index < -0.39 is 0 Å². The normalized spacial score (nSPS) is 17.3. The molecule has 0 spiro atoms. The van der Waals surface area contributed by atoms with Crippen molar-refractivity contribution in [2.45, 2.75) is 18.9 Å². The van der Waals surface area contributed by atoms with E-state index in [-0.39, 0.29) is 11.9 Å². The number of hydrogen-bond donors (Lipinski definition) is 1. The minimum atomic E-state index is -0.00144. The van der Waals surface area contributed by atoms with Crippen molar-refractivity contribution < 1.29 is 4.79 Å². The minimum Gasteiger partial charge on any atom is -0.350 e. The highest BCUT2D eigenvalue weighted by molar-refractivity contribution is 7.17. The van der Waals surface area contributed by atoms with E-state index in [0.717, 1.165) is 40.9 Å². The van der Waals surface area contributed by atoms with Gasteiger partial charge in [0.2, 0.25) is 0 Å². The van der Waals surface area contributed by atoms with Gasteiger partial charge in [0.1, 0.15) is 0 Å². The highest BCUT2D eigenvalue weighted by Gasteiger charge is 2.26. The molecule has 2 aromatic heterocycles. The number of nitrogens with zero attached hydrogens (tertiary/aromatic N) is 3. The summed E-state index contributed by atoms with van der Waals surface area (Å²) in [7, 11) is 0. The molecular weight excluding hydrogens is 320 g/mol. The van der Waals surface area contributed by atoms with Gasteiger partial charge in [0.05, 0.1) is 5.56 Å². The highest BCUT2D eigenvalue weighted by Crippen LogP contribution is 2.26. The van der Waals surface area contributed by atoms with E-state index in [1.807, 2.05) is 41.8 Å². The maximum Gasteiger partial charge on any atom is 0.252 e. The van der Waals surface area contributed by atoms with Crippen LogP contribution in [-0.2, 0) is 0 Å². The van der Waals surface area contributed by atoms with Crippen molar-refractivity contribution in [3.05, 3.63) is 53.5 Å². The minimum absolute atomic E-state index is 0.00144. The molecule has 1 atom stereocenters. The van der Waals surface area contributed by atoms with E-state index >= 15 is 0 Å². The molecular formula is C18H18N4OS. The number of nitrogens with one attached hydrogen (secondary N) is 1. The molecule has 5 nitrogen and oxygen atoms in total. The molecule has 0 aliphatic carbocycles. The molecule has 4 rings (SSSR count). The van der Waals surface area contributed by atoms with Crippen LogP contribution in [0, 0.1) is 0 Å². The molecule has 1 amide bonds. The molecule has 1 N–H and O–H groups in total. The third-order valence-corrected chi connectivity index (χ3v) is 5.42. The zero-order valence-electron chi connectivity index (χ0n) is 13.2. The van der Waals surface area contributed by atoms with Gasteiger partial charge < -0.3 is 10.2 Å². The number of aromatic nitrogens is 2. The van der Waals surface area contributed by atoms with Gasteiger partial charge in [0.25, 0.3) is 5.91 Å². The molecule has 3 aromatic rings. The van der Waals surface area contributed by atoms with Crippen LogP contribution in [0.25, 0.3) is 10.1 Å². The van der Waals surface area contributed by atoms with Crippen LogP contribution in [0.1, 0.15) is 23.2 Å². The number of anilines is 1. The van der Waals surface area contributed by atoms with Crippen LogP contribution in [0.4, 0.5) is 5.82 Å². The Morgan fingerprint density at radius 3 is 3.08 bits per heavy atom. The molecule has 0 radical (unpaired) electrons. The summed E-state index contributed by atoms with van der Waals surface area (Å²) in [6.07, 6.45) is 3.85. The van der Waals surface area contributed by atoms with Crippen molar-refractivity contribution in [1.82, 2.24) is 15.5 Å². The van der Waals surface area contributed by atoms with Gasteiger partial charge in [-0.3, -0.25) is 4.79 Å². The fourth-order valence-corrected chi connectivity index (χ4v) is 4.20. The van der Waals surface area contributed by atoms with Crippen LogP contribution in [0.5, 0.6) is 0 Å². The number of carbonyl (C=O) groups is 1. The molecule has 1 aliphatic heterocycles. The highest BCUT2D eigenvalue weighted by atomic mass is 32.1. The predicted octanol–water partition coefficient (Wildman–Crippen LogP) is 3.09. The van der Waals surface area contributed by atoms with Crippen molar-refractivity contribution in [2.75, 3.05) is 18.0 Å². The second-order valence-electron chi connectivity index (χ2n) is 5.93. The second kappa shape index (κ2) is 6.57. The Kier molecular flexibility index (Phi) is 4.13. The molecule has 1 unspecified atom stereocenters. The lowest BCUT2D eigenvalue weighted by Gasteiger charge is -2.25. The van der Waals surface area contributed by atoms with Crippen LogP contribution in [0.2, 0.25) is 0 Å². The van der Waals surface area contributed by atoms with E-state index in [9.17, 15) is 4.79 Å². The van der Waals surface area contributed by atoms with E-state index in [2.05, 4.69) is 20.4 Å². The van der Waals surface area contributed by atoms with Crippen LogP contribution in [0.3, 0.4) is 0 Å². The SMILES string of the molecule is O=C(NCC1CCCN1c1cccnn1)c1csc2ccccc12. The Hall–Kier alpha value is -2.47. The number of fused-ring (bicyclic) bond motifs is 1. The van der Waals surface area contributed by atoms with Gasteiger partial charge in [-0.2, -0.15) is 5.10 Å². The van der Waals surface area contributed by atoms with Crippen molar-refractivity contribution in [1.29, 1.82) is 0 Å². The molecule has 24 heavy (non-hydrogen) atoms. The maximum absolute atomic E-state index is 12.6. The standard InChI is InChI=1S/C18H18N4OS/c23-18(15-12-24-16-7-2-1-6-14(15)16)19-11-13-5-4-10-22(13)17-8-3-9-20-21-17/h1-3,6-9,12-13H,4-5,10-11H2,(H,19,23). The first-order chi connectivity index (χ1) is 11.8. The van der Waals surface area contributed by atoms with E-state index in [4.69, 9.17) is 0 Å². The van der Waals surface area contributed by atoms with Crippen LogP contribution in [-0.4, -0.2) is 35.2 Å². The fourth-order valence-electron chi connectivity index (χ4n) is 3.26. The van der Waals surface area contributed by atoms with Crippen molar-refractivity contribution in [3.8, 4) is 0 Å². The maximum atomic E-state index is 12.6. The number of rotatable bonds is 4. The van der Waals surface area contributed by atoms with Crippen molar-refractivity contribution in [2.24, 2.45) is 0 Å². The number of hydrogen-bond acceptors (Lipinski definition) is 5. The second-order valence-corrected chi connectivity index (χ2v) is 6.84. The van der Waals surface area contributed by atoms with Gasteiger partial charge >= 0.3 is 0 Å². The summed E-state index contributed by atoms with van der Waals surface area (Å²) in [6, 6.07) is 12.2. The first-order valence-corrected chi connectivity index (χ1v) is 8.99. The Labute approximate surface area is 144 Å². The third kappa shape index (κ3) is 2.85. The molecule has 0 bridgehead atoms. The average molecular weight is 338 g/mol. The van der Waals surface area contributed by atoms with E-state index in [0.29, 0.717) is 6.54 Å². The smallest absolute Gasteiger partial charge is 0.252 e. The summed E-state index contributed by atoms with van der Waals surface area (Å²) in [5, 5.41) is 14.2. The monoisotopic (exact) mass is 338 g/mol. The number of carbonyl (C=O) groups excluding carboxylic acids is 1. The van der Waals surface area contributed by atoms with Gasteiger partial charge in [-0.1, -0.05) is 18.2 Å². The van der Waals surface area contributed by atoms with Crippen molar-refractivity contribution >= 4 is 33.1 Å². The molecule has 6 heteroatoms. The molecule has 1 saturated heterocycles. The zero-order valence-corrected chi connectivity index (χ0v) is 14.0. The molecule has 3 heterocycles. The van der Waals surface area contributed by atoms with Gasteiger partial charge in [-0.15, -0.1) is 16.4 Å². The molecule has 0 saturated carbocycles. The van der Waals surface area contributed by atoms with Crippen LogP contribution in [0.15, 0.2) is 48.0 Å². The average Bonchev–Trinajstić information content (AvgIpc) is 3.27. The van der Waals surface area contributed by atoms with Gasteiger partial charge in [-0.05, 0) is 31.0 Å². The number of thiophene rings is 1. The third-order valence-electron chi connectivity index (χ3n) is 4.45. The first kappa shape index (κ1) is 15.1. The fraction of sp³-hybridized carbons (Fsp3) is 0.278. The number of benzene rings is 1. The Morgan fingerprint density at radius 1 is 1.29 bits per heavy atom. The summed E-state index contributed by atoms with van der Waals surface area (Å²) in [4.78, 5) is 14.8. The van der Waals surface area contributed by atoms with Crippen LogP contribution < -0.4 is 10.2 Å². The zero-order chi connectivity index (χ0) is 16.4. The lowest BCUT2D eigenvalue weighted by Crippen LogP contribution is -2.40. The summed E-state index contributed by atoms with van der Waals surface area (Å²) < 4.78 is 1.14. The summed E-state index contributed by atoms with van der Waals surface area (Å²) in [5.41, 5.74) is 0.764. The Morgan fingerprint density at radius 2 is 2.21 bits per heavy atom. The van der Waals surface area contributed by atoms with E-state index in [1.54, 1.807) is 17.5 Å².